The van der Waals surface area contributed by atoms with Crippen molar-refractivity contribution in [3.8, 4) is 0 Å². The fraction of sp³-hybridized carbons (Fsp3) is 0.583. The Kier molecular flexibility index (Phi) is 10.3. The van der Waals surface area contributed by atoms with Crippen molar-refractivity contribution in [2.75, 3.05) is 23.9 Å². The van der Waals surface area contributed by atoms with E-state index in [0.29, 0.717) is 38.3 Å². The molecule has 0 radical (unpaired) electrons. The van der Waals surface area contributed by atoms with Gasteiger partial charge in [0.05, 0.1) is 12.5 Å². The molecule has 3 heterocycles. The minimum Gasteiger partial charge on any atom is -0.363 e. The van der Waals surface area contributed by atoms with E-state index < -0.39 is 23.9 Å². The highest BCUT2D eigenvalue weighted by atomic mass is 35.5. The van der Waals surface area contributed by atoms with Gasteiger partial charge in [0.2, 0.25) is 23.4 Å². The van der Waals surface area contributed by atoms with E-state index >= 15 is 4.39 Å². The minimum atomic E-state index is -0.778. The predicted molar refractivity (Wildman–Crippen MR) is 138 cm³/mol. The van der Waals surface area contributed by atoms with E-state index in [-0.39, 0.29) is 23.5 Å². The fourth-order valence-corrected chi connectivity index (χ4v) is 5.45. The lowest BCUT2D eigenvalue weighted by Gasteiger charge is -2.29. The van der Waals surface area contributed by atoms with Gasteiger partial charge in [0, 0.05) is 19.6 Å². The molecule has 13 heteroatoms. The van der Waals surface area contributed by atoms with Crippen LogP contribution < -0.4 is 16.2 Å². The van der Waals surface area contributed by atoms with Crippen LogP contribution in [0.15, 0.2) is 16.8 Å². The number of hydrazine groups is 1. The topological polar surface area (TPSA) is 118 Å². The first kappa shape index (κ1) is 27.5. The maximum atomic E-state index is 15.0. The molecule has 1 saturated heterocycles. The Bertz CT molecular complexity index is 1020. The fourth-order valence-electron chi connectivity index (χ4n) is 4.61. The van der Waals surface area contributed by atoms with Crippen LogP contribution in [0.2, 0.25) is 5.28 Å². The maximum absolute atomic E-state index is 15.0. The number of hydroxylamine groups is 2. The smallest absolute Gasteiger partial charge is 0.243 e. The van der Waals surface area contributed by atoms with Crippen molar-refractivity contribution in [2.45, 2.75) is 64.2 Å². The molecule has 1 unspecified atom stereocenters. The number of hydrogen-bond acceptors (Lipinski definition) is 9. The quantitative estimate of drug-likeness (QED) is 0.188. The summed E-state index contributed by atoms with van der Waals surface area (Å²) in [5, 5.41) is 7.70. The van der Waals surface area contributed by atoms with E-state index in [1.165, 1.54) is 11.3 Å². The molecule has 1 saturated carbocycles. The zero-order chi connectivity index (χ0) is 26.0. The largest absolute Gasteiger partial charge is 0.363 e. The number of anilines is 2. The molecule has 1 aliphatic carbocycles. The lowest BCUT2D eigenvalue weighted by molar-refractivity contribution is -0.276. The van der Waals surface area contributed by atoms with Crippen molar-refractivity contribution in [1.82, 2.24) is 20.5 Å². The third kappa shape index (κ3) is 8.22. The van der Waals surface area contributed by atoms with Crippen molar-refractivity contribution < 1.29 is 23.6 Å². The number of hydrogen-bond donors (Lipinski definition) is 3. The molecule has 202 valence electrons. The first-order valence-corrected chi connectivity index (χ1v) is 13.9. The number of carbonyl (C=O) groups excluding carboxylic acids is 2. The number of aromatic nitrogens is 2. The van der Waals surface area contributed by atoms with Crippen LogP contribution in [0.5, 0.6) is 0 Å². The van der Waals surface area contributed by atoms with Crippen LogP contribution in [0.25, 0.3) is 0 Å². The number of nitrogens with one attached hydrogen (secondary N) is 3. The molecule has 2 aromatic heterocycles. The number of amides is 2. The Morgan fingerprint density at radius 1 is 1.27 bits per heavy atom. The predicted octanol–water partition coefficient (Wildman–Crippen LogP) is 4.50. The van der Waals surface area contributed by atoms with Gasteiger partial charge in [-0.3, -0.25) is 20.4 Å². The standard InChI is InChI=1S/C24H32ClFN6O4S/c25-24-28-21(27-12-17-8-10-37-14-17)20(26)22(29-24)30-31-23(34)18(11-16-5-1-2-6-16)13-32(15-33)36-19-7-3-4-9-35-19/h8,10,14-16,18-19H,1-7,9,11-13H2,(H,31,34)(H2,27,28,29,30)/t18-,19?/m0/s1. The molecule has 0 spiro atoms. The van der Waals surface area contributed by atoms with E-state index in [9.17, 15) is 9.59 Å². The third-order valence-corrected chi connectivity index (χ3v) is 7.44. The van der Waals surface area contributed by atoms with Crippen molar-refractivity contribution in [3.05, 3.63) is 33.5 Å². The Morgan fingerprint density at radius 2 is 2.05 bits per heavy atom. The van der Waals surface area contributed by atoms with Crippen LogP contribution in [0.4, 0.5) is 16.0 Å². The first-order valence-electron chi connectivity index (χ1n) is 12.6. The van der Waals surface area contributed by atoms with Gasteiger partial charge in [0.15, 0.2) is 17.9 Å². The van der Waals surface area contributed by atoms with E-state index in [2.05, 4.69) is 26.1 Å². The summed E-state index contributed by atoms with van der Waals surface area (Å²) in [5.41, 5.74) is 6.05. The molecular weight excluding hydrogens is 523 g/mol. The molecule has 10 nitrogen and oxygen atoms in total. The third-order valence-electron chi connectivity index (χ3n) is 6.54. The van der Waals surface area contributed by atoms with Gasteiger partial charge in [-0.2, -0.15) is 25.7 Å². The number of nitrogens with zero attached hydrogens (tertiary/aromatic N) is 3. The van der Waals surface area contributed by atoms with Gasteiger partial charge < -0.3 is 10.1 Å². The Balaban J connectivity index is 1.39. The Labute approximate surface area is 224 Å². The number of rotatable bonds is 13. The van der Waals surface area contributed by atoms with Crippen LogP contribution in [0, 0.1) is 17.7 Å². The van der Waals surface area contributed by atoms with Gasteiger partial charge in [0.1, 0.15) is 0 Å². The van der Waals surface area contributed by atoms with Crippen molar-refractivity contribution in [3.63, 3.8) is 0 Å². The van der Waals surface area contributed by atoms with Crippen LogP contribution in [-0.2, 0) is 25.7 Å². The Morgan fingerprint density at radius 3 is 2.76 bits per heavy atom. The number of thiophene rings is 1. The molecular formula is C24H32ClFN6O4S. The Hall–Kier alpha value is -2.54. The van der Waals surface area contributed by atoms with Crippen LogP contribution in [0.3, 0.4) is 0 Å². The lowest BCUT2D eigenvalue weighted by Crippen LogP contribution is -2.43. The highest BCUT2D eigenvalue weighted by molar-refractivity contribution is 7.07. The molecule has 2 aliphatic rings. The van der Waals surface area contributed by atoms with Gasteiger partial charge in [-0.25, -0.2) is 9.90 Å². The van der Waals surface area contributed by atoms with Crippen LogP contribution in [-0.4, -0.2) is 46.8 Å². The molecule has 1 aliphatic heterocycles. The average molecular weight is 555 g/mol. The SMILES string of the molecule is O=CN(C[C@H](CC1CCCC1)C(=O)NNc1nc(Cl)nc(NCc2ccsc2)c1F)OC1CCCCO1. The summed E-state index contributed by atoms with van der Waals surface area (Å²) in [5.74, 6) is -1.75. The van der Waals surface area contributed by atoms with E-state index in [4.69, 9.17) is 21.2 Å². The normalized spacial score (nSPS) is 18.8. The van der Waals surface area contributed by atoms with Gasteiger partial charge in [-0.1, -0.05) is 25.7 Å². The zero-order valence-electron chi connectivity index (χ0n) is 20.5. The maximum Gasteiger partial charge on any atom is 0.243 e. The van der Waals surface area contributed by atoms with E-state index in [1.807, 2.05) is 16.8 Å². The summed E-state index contributed by atoms with van der Waals surface area (Å²) < 4.78 is 20.6. The van der Waals surface area contributed by atoms with E-state index in [0.717, 1.165) is 49.2 Å². The first-order chi connectivity index (χ1) is 18.0. The van der Waals surface area contributed by atoms with Crippen molar-refractivity contribution in [1.29, 1.82) is 0 Å². The molecule has 37 heavy (non-hydrogen) atoms. The highest BCUT2D eigenvalue weighted by Crippen LogP contribution is 2.31. The molecule has 2 atom stereocenters. The lowest BCUT2D eigenvalue weighted by atomic mass is 9.92. The summed E-state index contributed by atoms with van der Waals surface area (Å²) in [6.45, 7) is 0.980. The minimum absolute atomic E-state index is 0.0494. The van der Waals surface area contributed by atoms with Crippen molar-refractivity contribution in [2.24, 2.45) is 11.8 Å². The summed E-state index contributed by atoms with van der Waals surface area (Å²) in [7, 11) is 0. The summed E-state index contributed by atoms with van der Waals surface area (Å²) in [4.78, 5) is 38.4. The molecule has 4 rings (SSSR count). The van der Waals surface area contributed by atoms with Gasteiger partial charge in [-0.15, -0.1) is 0 Å². The van der Waals surface area contributed by atoms with Gasteiger partial charge >= 0.3 is 0 Å². The van der Waals surface area contributed by atoms with Crippen LogP contribution >= 0.6 is 22.9 Å². The van der Waals surface area contributed by atoms with Crippen molar-refractivity contribution >= 4 is 46.9 Å². The van der Waals surface area contributed by atoms with Gasteiger partial charge in [-0.05, 0) is 59.2 Å². The van der Waals surface area contributed by atoms with E-state index in [1.54, 1.807) is 0 Å². The second-order valence-corrected chi connectivity index (χ2v) is 10.4. The molecule has 2 fully saturated rings. The molecule has 0 aromatic carbocycles. The molecule has 2 amide bonds. The summed E-state index contributed by atoms with van der Waals surface area (Å²) in [6, 6.07) is 1.91. The second kappa shape index (κ2) is 13.8. The average Bonchev–Trinajstić information content (AvgIpc) is 3.62. The second-order valence-electron chi connectivity index (χ2n) is 9.29. The summed E-state index contributed by atoms with van der Waals surface area (Å²) in [6.07, 6.45) is 7.51. The molecule has 3 N–H and O–H groups in total. The molecule has 0 bridgehead atoms. The number of carbonyl (C=O) groups is 2. The van der Waals surface area contributed by atoms with Crippen LogP contribution in [0.1, 0.15) is 56.9 Å². The number of halogens is 2. The molecule has 2 aromatic rings. The monoisotopic (exact) mass is 554 g/mol. The van der Waals surface area contributed by atoms with Gasteiger partial charge in [0.25, 0.3) is 0 Å². The summed E-state index contributed by atoms with van der Waals surface area (Å²) >= 11 is 7.53. The zero-order valence-corrected chi connectivity index (χ0v) is 22.0. The highest BCUT2D eigenvalue weighted by Gasteiger charge is 2.29. The number of ether oxygens (including phenoxy) is 1.